The molecule has 0 bridgehead atoms. The maximum absolute atomic E-state index is 12.8. The monoisotopic (exact) mass is 434 g/mol. The predicted octanol–water partition coefficient (Wildman–Crippen LogP) is 3.84. The molecule has 1 heterocycles. The van der Waals surface area contributed by atoms with E-state index in [1.807, 2.05) is 39.0 Å². The minimum absolute atomic E-state index is 0.0699. The Balaban J connectivity index is 1.72. The first-order valence-electron chi connectivity index (χ1n) is 9.57. The molecule has 0 aliphatic carbocycles. The summed E-state index contributed by atoms with van der Waals surface area (Å²) in [6.45, 7) is 8.62. The third kappa shape index (κ3) is 4.88. The summed E-state index contributed by atoms with van der Waals surface area (Å²) < 4.78 is 36.3. The number of ether oxygens (including phenoxy) is 1. The molecule has 1 atom stereocenters. The lowest BCUT2D eigenvalue weighted by Crippen LogP contribution is -2.36. The smallest absolute Gasteiger partial charge is 0.308 e. The predicted molar refractivity (Wildman–Crippen MR) is 118 cm³/mol. The Morgan fingerprint density at radius 1 is 1.14 bits per heavy atom. The van der Waals surface area contributed by atoms with Gasteiger partial charge in [0, 0.05) is 6.54 Å². The minimum atomic E-state index is -3.72. The Morgan fingerprint density at radius 2 is 1.90 bits per heavy atom. The Hall–Kier alpha value is -2.16. The molecular weight excluding hydrogens is 408 g/mol. The standard InChI is InChI=1S/C21H26N2O4S2/c1-5-10-23-19-9-8-18(12-20(19)28-21(23)24)29(25,26)22-16(4)13-27-17-7-6-14(2)15(3)11-17/h6-9,11-12,16,22H,5,10,13H2,1-4H3. The lowest BCUT2D eigenvalue weighted by molar-refractivity contribution is 0.287. The van der Waals surface area contributed by atoms with Crippen molar-refractivity contribution >= 4 is 31.6 Å². The van der Waals surface area contributed by atoms with Gasteiger partial charge in [-0.2, -0.15) is 0 Å². The summed E-state index contributed by atoms with van der Waals surface area (Å²) in [4.78, 5) is 12.2. The Bertz CT molecular complexity index is 1180. The van der Waals surface area contributed by atoms with E-state index < -0.39 is 16.1 Å². The van der Waals surface area contributed by atoms with E-state index in [4.69, 9.17) is 4.74 Å². The lowest BCUT2D eigenvalue weighted by atomic mass is 10.1. The Kier molecular flexibility index (Phi) is 6.45. The molecule has 29 heavy (non-hydrogen) atoms. The molecule has 3 aromatic rings. The van der Waals surface area contributed by atoms with E-state index in [9.17, 15) is 13.2 Å². The Morgan fingerprint density at radius 3 is 2.59 bits per heavy atom. The molecule has 0 saturated carbocycles. The molecule has 6 nitrogen and oxygen atoms in total. The molecule has 0 spiro atoms. The van der Waals surface area contributed by atoms with Crippen LogP contribution in [-0.4, -0.2) is 25.6 Å². The molecule has 0 saturated heterocycles. The Labute approximate surface area is 175 Å². The summed E-state index contributed by atoms with van der Waals surface area (Å²) in [6, 6.07) is 10.2. The largest absolute Gasteiger partial charge is 0.492 e. The van der Waals surface area contributed by atoms with Crippen LogP contribution in [0, 0.1) is 13.8 Å². The summed E-state index contributed by atoms with van der Waals surface area (Å²) in [5.74, 6) is 0.711. The number of aryl methyl sites for hydroxylation is 3. The van der Waals surface area contributed by atoms with Gasteiger partial charge in [-0.05, 0) is 68.7 Å². The van der Waals surface area contributed by atoms with Gasteiger partial charge in [0.05, 0.1) is 21.2 Å². The molecule has 2 aromatic carbocycles. The number of benzene rings is 2. The van der Waals surface area contributed by atoms with Crippen LogP contribution >= 0.6 is 11.3 Å². The van der Waals surface area contributed by atoms with E-state index in [0.717, 1.165) is 28.8 Å². The molecule has 1 unspecified atom stereocenters. The number of hydrogen-bond donors (Lipinski definition) is 1. The average molecular weight is 435 g/mol. The van der Waals surface area contributed by atoms with Crippen LogP contribution in [0.4, 0.5) is 0 Å². The second-order valence-electron chi connectivity index (χ2n) is 7.23. The van der Waals surface area contributed by atoms with Gasteiger partial charge in [-0.15, -0.1) is 0 Å². The SMILES string of the molecule is CCCn1c(=O)sc2cc(S(=O)(=O)NC(C)COc3ccc(C)c(C)c3)ccc21. The van der Waals surface area contributed by atoms with E-state index in [1.165, 1.54) is 5.56 Å². The maximum atomic E-state index is 12.8. The fourth-order valence-corrected chi connectivity index (χ4v) is 5.33. The highest BCUT2D eigenvalue weighted by Crippen LogP contribution is 2.22. The normalized spacial score (nSPS) is 13.0. The maximum Gasteiger partial charge on any atom is 0.308 e. The van der Waals surface area contributed by atoms with Gasteiger partial charge in [0.1, 0.15) is 12.4 Å². The third-order valence-corrected chi connectivity index (χ3v) is 7.26. The van der Waals surface area contributed by atoms with E-state index in [1.54, 1.807) is 29.7 Å². The molecule has 0 fully saturated rings. The molecule has 0 aliphatic rings. The van der Waals surface area contributed by atoms with E-state index in [-0.39, 0.29) is 16.4 Å². The minimum Gasteiger partial charge on any atom is -0.492 e. The van der Waals surface area contributed by atoms with Crippen LogP contribution in [0.25, 0.3) is 10.2 Å². The van der Waals surface area contributed by atoms with Crippen molar-refractivity contribution < 1.29 is 13.2 Å². The van der Waals surface area contributed by atoms with Crippen molar-refractivity contribution in [2.45, 2.75) is 51.6 Å². The van der Waals surface area contributed by atoms with Crippen LogP contribution < -0.4 is 14.3 Å². The molecule has 0 radical (unpaired) electrons. The fraction of sp³-hybridized carbons (Fsp3) is 0.381. The van der Waals surface area contributed by atoms with Crippen LogP contribution in [0.15, 0.2) is 46.1 Å². The van der Waals surface area contributed by atoms with Gasteiger partial charge >= 0.3 is 4.87 Å². The quantitative estimate of drug-likeness (QED) is 0.584. The fourth-order valence-electron chi connectivity index (χ4n) is 3.04. The van der Waals surface area contributed by atoms with Gasteiger partial charge in [0.25, 0.3) is 0 Å². The number of thiazole rings is 1. The second kappa shape index (κ2) is 8.69. The lowest BCUT2D eigenvalue weighted by Gasteiger charge is -2.16. The zero-order valence-corrected chi connectivity index (χ0v) is 18.7. The van der Waals surface area contributed by atoms with Gasteiger partial charge < -0.3 is 4.74 Å². The van der Waals surface area contributed by atoms with Gasteiger partial charge in [-0.1, -0.05) is 24.3 Å². The average Bonchev–Trinajstić information content (AvgIpc) is 2.97. The summed E-state index contributed by atoms with van der Waals surface area (Å²) in [5, 5.41) is 0. The number of nitrogens with zero attached hydrogens (tertiary/aromatic N) is 1. The summed E-state index contributed by atoms with van der Waals surface area (Å²) in [5.41, 5.74) is 3.07. The first-order valence-corrected chi connectivity index (χ1v) is 11.9. The van der Waals surface area contributed by atoms with E-state index >= 15 is 0 Å². The van der Waals surface area contributed by atoms with Gasteiger partial charge in [0.2, 0.25) is 10.0 Å². The molecule has 0 aliphatic heterocycles. The van der Waals surface area contributed by atoms with Crippen LogP contribution in [-0.2, 0) is 16.6 Å². The molecule has 3 rings (SSSR count). The van der Waals surface area contributed by atoms with Crippen molar-refractivity contribution in [2.24, 2.45) is 0 Å². The van der Waals surface area contributed by atoms with E-state index in [0.29, 0.717) is 17.0 Å². The van der Waals surface area contributed by atoms with Gasteiger partial charge in [0.15, 0.2) is 0 Å². The van der Waals surface area contributed by atoms with Crippen molar-refractivity contribution in [3.05, 3.63) is 57.2 Å². The van der Waals surface area contributed by atoms with Gasteiger partial charge in [-0.3, -0.25) is 9.36 Å². The summed E-state index contributed by atoms with van der Waals surface area (Å²) in [7, 11) is -3.72. The van der Waals surface area contributed by atoms with Crippen molar-refractivity contribution in [3.63, 3.8) is 0 Å². The van der Waals surface area contributed by atoms with E-state index in [2.05, 4.69) is 4.72 Å². The number of hydrogen-bond acceptors (Lipinski definition) is 5. The topological polar surface area (TPSA) is 77.4 Å². The molecule has 1 N–H and O–H groups in total. The highest BCUT2D eigenvalue weighted by molar-refractivity contribution is 7.89. The zero-order valence-electron chi connectivity index (χ0n) is 17.1. The number of sulfonamides is 1. The van der Waals surface area contributed by atoms with Crippen LogP contribution in [0.5, 0.6) is 5.75 Å². The molecule has 156 valence electrons. The number of aromatic nitrogens is 1. The first kappa shape index (κ1) is 21.5. The number of nitrogens with one attached hydrogen (secondary N) is 1. The highest BCUT2D eigenvalue weighted by Gasteiger charge is 2.19. The first-order chi connectivity index (χ1) is 13.7. The van der Waals surface area contributed by atoms with Gasteiger partial charge in [-0.25, -0.2) is 13.1 Å². The molecule has 8 heteroatoms. The van der Waals surface area contributed by atoms with Crippen molar-refractivity contribution in [1.82, 2.24) is 9.29 Å². The summed E-state index contributed by atoms with van der Waals surface area (Å²) in [6.07, 6.45) is 0.839. The van der Waals surface area contributed by atoms with Crippen LogP contribution in [0.3, 0.4) is 0 Å². The van der Waals surface area contributed by atoms with Crippen LogP contribution in [0.1, 0.15) is 31.4 Å². The van der Waals surface area contributed by atoms with Crippen molar-refractivity contribution in [3.8, 4) is 5.75 Å². The molecule has 0 amide bonds. The van der Waals surface area contributed by atoms with Crippen molar-refractivity contribution in [2.75, 3.05) is 6.61 Å². The zero-order chi connectivity index (χ0) is 21.2. The van der Waals surface area contributed by atoms with Crippen LogP contribution in [0.2, 0.25) is 0 Å². The van der Waals surface area contributed by atoms with Crippen molar-refractivity contribution in [1.29, 1.82) is 0 Å². The molecule has 1 aromatic heterocycles. The number of rotatable bonds is 8. The second-order valence-corrected chi connectivity index (χ2v) is 9.94. The molecular formula is C21H26N2O4S2. The third-order valence-electron chi connectivity index (χ3n) is 4.73. The number of fused-ring (bicyclic) bond motifs is 1. The highest BCUT2D eigenvalue weighted by atomic mass is 32.2. The summed E-state index contributed by atoms with van der Waals surface area (Å²) >= 11 is 1.07.